The first-order chi connectivity index (χ1) is 5.99. The minimum Gasteiger partial charge on any atom is -0.379 e. The van der Waals surface area contributed by atoms with E-state index in [2.05, 4.69) is 0 Å². The van der Waals surface area contributed by atoms with E-state index in [1.807, 2.05) is 13.8 Å². The van der Waals surface area contributed by atoms with E-state index in [0.717, 1.165) is 6.42 Å². The molecule has 0 N–H and O–H groups in total. The lowest BCUT2D eigenvalue weighted by atomic mass is 9.87. The molecular weight excluding hydrogens is 174 g/mol. The largest absolute Gasteiger partial charge is 0.379 e. The minimum atomic E-state index is -2.44. The van der Waals surface area contributed by atoms with Crippen molar-refractivity contribution in [3.05, 3.63) is 0 Å². The van der Waals surface area contributed by atoms with Gasteiger partial charge in [-0.1, -0.05) is 0 Å². The minimum absolute atomic E-state index is 0.0136. The van der Waals surface area contributed by atoms with Gasteiger partial charge in [0.05, 0.1) is 6.10 Å². The Bertz CT molecular complexity index is 157. The van der Waals surface area contributed by atoms with E-state index in [1.54, 1.807) is 0 Å². The summed E-state index contributed by atoms with van der Waals surface area (Å²) in [7, 11) is 0. The quantitative estimate of drug-likeness (QED) is 0.667. The Hall–Kier alpha value is -0.180. The van der Waals surface area contributed by atoms with Crippen molar-refractivity contribution in [2.45, 2.75) is 51.6 Å². The van der Waals surface area contributed by atoms with Gasteiger partial charge in [-0.05, 0) is 32.6 Å². The summed E-state index contributed by atoms with van der Waals surface area (Å²) in [6, 6.07) is 0. The predicted octanol–water partition coefficient (Wildman–Crippen LogP) is 3.24. The molecule has 0 saturated heterocycles. The van der Waals surface area contributed by atoms with Gasteiger partial charge >= 0.3 is 0 Å². The topological polar surface area (TPSA) is 9.23 Å². The molecule has 0 aromatic carbocycles. The lowest BCUT2D eigenvalue weighted by Gasteiger charge is -2.29. The van der Waals surface area contributed by atoms with Crippen LogP contribution in [-0.2, 0) is 4.74 Å². The highest BCUT2D eigenvalue weighted by atomic mass is 19.3. The highest BCUT2D eigenvalue weighted by molar-refractivity contribution is 4.78. The van der Waals surface area contributed by atoms with Crippen molar-refractivity contribution in [2.24, 2.45) is 5.92 Å². The maximum Gasteiger partial charge on any atom is 0.248 e. The summed E-state index contributed by atoms with van der Waals surface area (Å²) in [6.45, 7) is 4.36. The van der Waals surface area contributed by atoms with Crippen molar-refractivity contribution in [3.63, 3.8) is 0 Å². The maximum atomic E-state index is 12.9. The Morgan fingerprint density at radius 2 is 2.15 bits per heavy atom. The summed E-state index contributed by atoms with van der Waals surface area (Å²) in [5, 5.41) is 0. The van der Waals surface area contributed by atoms with Gasteiger partial charge in [0.25, 0.3) is 0 Å². The van der Waals surface area contributed by atoms with Gasteiger partial charge in [0.1, 0.15) is 0 Å². The number of alkyl halides is 2. The van der Waals surface area contributed by atoms with Crippen LogP contribution >= 0.6 is 0 Å². The zero-order chi connectivity index (χ0) is 9.90. The Kier molecular flexibility index (Phi) is 3.65. The number of rotatable bonds is 3. The van der Waals surface area contributed by atoms with Crippen molar-refractivity contribution in [1.29, 1.82) is 0 Å². The van der Waals surface area contributed by atoms with E-state index < -0.39 is 5.92 Å². The highest BCUT2D eigenvalue weighted by Gasteiger charge is 2.36. The molecule has 0 aromatic heterocycles. The maximum absolute atomic E-state index is 12.9. The van der Waals surface area contributed by atoms with E-state index in [0.29, 0.717) is 13.0 Å². The van der Waals surface area contributed by atoms with E-state index in [4.69, 9.17) is 4.74 Å². The summed E-state index contributed by atoms with van der Waals surface area (Å²) in [5.74, 6) is -2.38. The molecule has 78 valence electrons. The number of ether oxygens (including phenoxy) is 1. The molecule has 1 saturated carbocycles. The van der Waals surface area contributed by atoms with E-state index in [-0.39, 0.29) is 24.9 Å². The molecule has 1 atom stereocenters. The number of hydrogen-bond acceptors (Lipinski definition) is 1. The predicted molar refractivity (Wildman–Crippen MR) is 48.0 cm³/mol. The molecule has 1 nitrogen and oxygen atoms in total. The molecule has 0 aliphatic heterocycles. The lowest BCUT2D eigenvalue weighted by Crippen LogP contribution is -2.29. The van der Waals surface area contributed by atoms with Crippen LogP contribution in [0, 0.1) is 5.92 Å². The van der Waals surface area contributed by atoms with Crippen LogP contribution in [0.1, 0.15) is 39.5 Å². The molecule has 1 fully saturated rings. The first kappa shape index (κ1) is 10.9. The van der Waals surface area contributed by atoms with Gasteiger partial charge in [-0.2, -0.15) is 0 Å². The highest BCUT2D eigenvalue weighted by Crippen LogP contribution is 2.36. The Morgan fingerprint density at radius 1 is 1.46 bits per heavy atom. The molecule has 0 amide bonds. The van der Waals surface area contributed by atoms with Crippen molar-refractivity contribution in [1.82, 2.24) is 0 Å². The third kappa shape index (κ3) is 4.03. The summed E-state index contributed by atoms with van der Waals surface area (Å²) < 4.78 is 31.2. The van der Waals surface area contributed by atoms with E-state index in [9.17, 15) is 8.78 Å². The van der Waals surface area contributed by atoms with Gasteiger partial charge in [-0.3, -0.25) is 0 Å². The fourth-order valence-corrected chi connectivity index (χ4v) is 1.75. The zero-order valence-electron chi connectivity index (χ0n) is 8.35. The first-order valence-corrected chi connectivity index (χ1v) is 4.99. The van der Waals surface area contributed by atoms with Crippen LogP contribution < -0.4 is 0 Å². The molecule has 1 unspecified atom stereocenters. The van der Waals surface area contributed by atoms with Crippen LogP contribution in [0.3, 0.4) is 0 Å². The van der Waals surface area contributed by atoms with Crippen LogP contribution in [0.25, 0.3) is 0 Å². The number of hydrogen-bond donors (Lipinski definition) is 0. The molecule has 0 bridgehead atoms. The Labute approximate surface area is 78.5 Å². The van der Waals surface area contributed by atoms with Gasteiger partial charge in [0, 0.05) is 19.4 Å². The van der Waals surface area contributed by atoms with Crippen LogP contribution in [0.2, 0.25) is 0 Å². The third-order valence-electron chi connectivity index (χ3n) is 2.41. The summed E-state index contributed by atoms with van der Waals surface area (Å²) >= 11 is 0. The molecule has 13 heavy (non-hydrogen) atoms. The smallest absolute Gasteiger partial charge is 0.248 e. The molecule has 0 aromatic rings. The SMILES string of the molecule is CC(C)OCC1CCCC(F)(F)C1. The van der Waals surface area contributed by atoms with Crippen LogP contribution in [-0.4, -0.2) is 18.6 Å². The van der Waals surface area contributed by atoms with Crippen molar-refractivity contribution in [3.8, 4) is 0 Å². The van der Waals surface area contributed by atoms with Crippen molar-refractivity contribution in [2.75, 3.05) is 6.61 Å². The fourth-order valence-electron chi connectivity index (χ4n) is 1.75. The zero-order valence-corrected chi connectivity index (χ0v) is 8.35. The lowest BCUT2D eigenvalue weighted by molar-refractivity contribution is -0.0717. The standard InChI is InChI=1S/C10H18F2O/c1-8(2)13-7-9-4-3-5-10(11,12)6-9/h8-9H,3-7H2,1-2H3. The molecule has 1 aliphatic carbocycles. The summed E-state index contributed by atoms with van der Waals surface area (Å²) in [6.07, 6.45) is 1.75. The second-order valence-corrected chi connectivity index (χ2v) is 4.20. The van der Waals surface area contributed by atoms with E-state index in [1.165, 1.54) is 0 Å². The van der Waals surface area contributed by atoms with Gasteiger partial charge < -0.3 is 4.74 Å². The molecule has 0 heterocycles. The van der Waals surface area contributed by atoms with Gasteiger partial charge in [0.2, 0.25) is 5.92 Å². The van der Waals surface area contributed by atoms with Crippen molar-refractivity contribution < 1.29 is 13.5 Å². The molecule has 1 aliphatic rings. The molecule has 3 heteroatoms. The molecule has 0 spiro atoms. The van der Waals surface area contributed by atoms with Crippen molar-refractivity contribution >= 4 is 0 Å². The third-order valence-corrected chi connectivity index (χ3v) is 2.41. The van der Waals surface area contributed by atoms with Crippen LogP contribution in [0.4, 0.5) is 8.78 Å². The van der Waals surface area contributed by atoms with Crippen LogP contribution in [0.5, 0.6) is 0 Å². The second kappa shape index (κ2) is 4.36. The van der Waals surface area contributed by atoms with Crippen LogP contribution in [0.15, 0.2) is 0 Å². The second-order valence-electron chi connectivity index (χ2n) is 4.20. The number of halogens is 2. The average molecular weight is 192 g/mol. The first-order valence-electron chi connectivity index (χ1n) is 4.99. The fraction of sp³-hybridized carbons (Fsp3) is 1.00. The average Bonchev–Trinajstić information content (AvgIpc) is 1.99. The molecule has 0 radical (unpaired) electrons. The summed E-state index contributed by atoms with van der Waals surface area (Å²) in [5.41, 5.74) is 0. The Balaban J connectivity index is 2.26. The Morgan fingerprint density at radius 3 is 2.69 bits per heavy atom. The van der Waals surface area contributed by atoms with Gasteiger partial charge in [-0.25, -0.2) is 8.78 Å². The normalized spacial score (nSPS) is 27.9. The molecule has 1 rings (SSSR count). The monoisotopic (exact) mass is 192 g/mol. The summed E-state index contributed by atoms with van der Waals surface area (Å²) in [4.78, 5) is 0. The van der Waals surface area contributed by atoms with Gasteiger partial charge in [0.15, 0.2) is 0 Å². The van der Waals surface area contributed by atoms with Gasteiger partial charge in [-0.15, -0.1) is 0 Å². The molecular formula is C10H18F2O. The van der Waals surface area contributed by atoms with E-state index >= 15 is 0 Å².